The Balaban J connectivity index is 1.63. The van der Waals surface area contributed by atoms with E-state index in [1.54, 1.807) is 43.3 Å². The molecule has 2 heterocycles. The van der Waals surface area contributed by atoms with Gasteiger partial charge in [-0.1, -0.05) is 58.8 Å². The number of benzene rings is 3. The molecule has 0 saturated heterocycles. The number of halogens is 6. The van der Waals surface area contributed by atoms with Crippen molar-refractivity contribution in [2.75, 3.05) is 13.2 Å². The van der Waals surface area contributed by atoms with Crippen LogP contribution >= 0.6 is 57.1 Å². The van der Waals surface area contributed by atoms with Crippen LogP contribution in [0.3, 0.4) is 0 Å². The molecule has 0 unspecified atom stereocenters. The molecule has 1 aliphatic heterocycles. The van der Waals surface area contributed by atoms with Gasteiger partial charge in [-0.05, 0) is 90.0 Å². The van der Waals surface area contributed by atoms with E-state index in [1.165, 1.54) is 37.3 Å². The number of rotatable bonds is 9. The lowest BCUT2D eigenvalue weighted by Crippen LogP contribution is -2.41. The summed E-state index contributed by atoms with van der Waals surface area (Å²) in [5, 5.41) is 0.634. The zero-order chi connectivity index (χ0) is 34.7. The van der Waals surface area contributed by atoms with Gasteiger partial charge in [-0.3, -0.25) is 9.36 Å². The summed E-state index contributed by atoms with van der Waals surface area (Å²) in [5.41, 5.74) is -1.28. The summed E-state index contributed by atoms with van der Waals surface area (Å²) in [4.78, 5) is 42.6. The highest BCUT2D eigenvalue weighted by molar-refractivity contribution is 14.1. The first-order chi connectivity index (χ1) is 22.8. The van der Waals surface area contributed by atoms with Crippen LogP contribution in [0.2, 0.25) is 10.0 Å². The Morgan fingerprint density at radius 3 is 2.25 bits per heavy atom. The van der Waals surface area contributed by atoms with E-state index in [4.69, 9.17) is 37.4 Å². The fourth-order valence-corrected chi connectivity index (χ4v) is 7.22. The number of carbonyl (C=O) groups excluding carboxylic acids is 2. The van der Waals surface area contributed by atoms with E-state index in [0.29, 0.717) is 30.5 Å². The van der Waals surface area contributed by atoms with Crippen LogP contribution in [0.15, 0.2) is 81.7 Å². The number of carbonyl (C=O) groups is 2. The van der Waals surface area contributed by atoms with Gasteiger partial charge in [0.1, 0.15) is 12.4 Å². The number of ether oxygens (including phenoxy) is 3. The van der Waals surface area contributed by atoms with Gasteiger partial charge in [-0.2, -0.15) is 13.2 Å². The molecule has 1 aromatic heterocycles. The summed E-state index contributed by atoms with van der Waals surface area (Å²) in [6.07, 6.45) is -3.59. The zero-order valence-corrected chi connectivity index (χ0v) is 29.6. The third-order valence-corrected chi connectivity index (χ3v) is 9.21. The summed E-state index contributed by atoms with van der Waals surface area (Å²) >= 11 is 15.2. The molecule has 0 saturated carbocycles. The second-order valence-electron chi connectivity index (χ2n) is 10.1. The summed E-state index contributed by atoms with van der Waals surface area (Å²) in [7, 11) is 0. The van der Waals surface area contributed by atoms with Crippen molar-refractivity contribution in [2.45, 2.75) is 32.7 Å². The van der Waals surface area contributed by atoms with Gasteiger partial charge in [-0.15, -0.1) is 0 Å². The Kier molecular flexibility index (Phi) is 11.0. The van der Waals surface area contributed by atoms with Gasteiger partial charge in [0.05, 0.1) is 38.5 Å². The second kappa shape index (κ2) is 14.8. The number of hydrogen-bond donors (Lipinski definition) is 0. The molecule has 0 fully saturated rings. The molecule has 0 spiro atoms. The molecular weight excluding hydrogens is 807 g/mol. The van der Waals surface area contributed by atoms with Gasteiger partial charge in [0.2, 0.25) is 0 Å². The standard InChI is InChI=1S/C33H24Cl2F3IN2O6S/c1-3-45-30(43)19-7-5-17(6-8-19)16-47-27-20(13-22(35)15-23(27)39)14-24-29(42)41-26(18-9-11-21(34)12-10-18)25(31(44)46-4-2)28(33(36,37)38)40-32(41)48-24/h5-15,26H,3-4,16H2,1-2H3/b24-14-/t26-/m0/s1. The number of thiazole rings is 1. The first-order valence-electron chi connectivity index (χ1n) is 14.3. The third-order valence-electron chi connectivity index (χ3n) is 6.95. The van der Waals surface area contributed by atoms with Crippen LogP contribution < -0.4 is 19.6 Å². The van der Waals surface area contributed by atoms with Crippen molar-refractivity contribution in [2.24, 2.45) is 4.99 Å². The van der Waals surface area contributed by atoms with E-state index in [-0.39, 0.29) is 34.7 Å². The predicted octanol–water partition coefficient (Wildman–Crippen LogP) is 7.01. The Hall–Kier alpha value is -3.66. The number of fused-ring (bicyclic) bond motifs is 1. The average Bonchev–Trinajstić information content (AvgIpc) is 3.34. The highest BCUT2D eigenvalue weighted by atomic mass is 127. The molecule has 8 nitrogen and oxygen atoms in total. The van der Waals surface area contributed by atoms with E-state index in [2.05, 4.69) is 4.99 Å². The first-order valence-corrected chi connectivity index (χ1v) is 16.9. The molecule has 4 aromatic rings. The zero-order valence-electron chi connectivity index (χ0n) is 25.1. The summed E-state index contributed by atoms with van der Waals surface area (Å²) in [6, 6.07) is 14.1. The van der Waals surface area contributed by atoms with Gasteiger partial charge in [0, 0.05) is 15.6 Å². The normalized spacial score (nSPS) is 14.8. The fraction of sp³-hybridized carbons (Fsp3) is 0.212. The molecule has 0 N–H and O–H groups in total. The summed E-state index contributed by atoms with van der Waals surface area (Å²) in [6.45, 7) is 3.31. The SMILES string of the molecule is CCOC(=O)C1=C(C(F)(F)F)N=c2s/c(=C\c3cc(Cl)cc(I)c3OCc3ccc(C(=O)OCC)cc3)c(=O)n2[C@H]1c1ccc(Cl)cc1. The topological polar surface area (TPSA) is 96.2 Å². The lowest BCUT2D eigenvalue weighted by Gasteiger charge is -2.26. The smallest absolute Gasteiger partial charge is 0.434 e. The second-order valence-corrected chi connectivity index (χ2v) is 13.2. The van der Waals surface area contributed by atoms with Crippen LogP contribution in [-0.4, -0.2) is 35.9 Å². The van der Waals surface area contributed by atoms with Crippen molar-refractivity contribution in [3.05, 3.63) is 127 Å². The van der Waals surface area contributed by atoms with E-state index < -0.39 is 41.0 Å². The Bertz CT molecular complexity index is 2100. The number of nitrogens with zero attached hydrogens (tertiary/aromatic N) is 2. The van der Waals surface area contributed by atoms with Crippen molar-refractivity contribution in [1.29, 1.82) is 0 Å². The number of hydrogen-bond acceptors (Lipinski definition) is 8. The number of aromatic nitrogens is 1. The molecule has 1 atom stereocenters. The van der Waals surface area contributed by atoms with Gasteiger partial charge < -0.3 is 14.2 Å². The Morgan fingerprint density at radius 2 is 1.62 bits per heavy atom. The fourth-order valence-electron chi connectivity index (χ4n) is 4.89. The molecule has 5 rings (SSSR count). The maximum atomic E-state index is 14.4. The van der Waals surface area contributed by atoms with Crippen LogP contribution in [0.5, 0.6) is 5.75 Å². The highest BCUT2D eigenvalue weighted by Gasteiger charge is 2.45. The molecule has 1 aliphatic rings. The Labute approximate surface area is 299 Å². The van der Waals surface area contributed by atoms with Crippen molar-refractivity contribution >= 4 is 75.1 Å². The number of esters is 2. The van der Waals surface area contributed by atoms with Crippen molar-refractivity contribution in [3.63, 3.8) is 0 Å². The molecule has 15 heteroatoms. The van der Waals surface area contributed by atoms with Crippen LogP contribution in [-0.2, 0) is 20.9 Å². The average molecular weight is 831 g/mol. The summed E-state index contributed by atoms with van der Waals surface area (Å²) in [5.74, 6) is -1.34. The number of allylic oxidation sites excluding steroid dienone is 1. The predicted molar refractivity (Wildman–Crippen MR) is 183 cm³/mol. The molecule has 0 amide bonds. The summed E-state index contributed by atoms with van der Waals surface area (Å²) < 4.78 is 61.1. The molecule has 250 valence electrons. The van der Waals surface area contributed by atoms with Crippen LogP contribution in [0.25, 0.3) is 6.08 Å². The van der Waals surface area contributed by atoms with Crippen molar-refractivity contribution < 1.29 is 37.0 Å². The highest BCUT2D eigenvalue weighted by Crippen LogP contribution is 2.38. The van der Waals surface area contributed by atoms with Gasteiger partial charge in [-0.25, -0.2) is 14.6 Å². The van der Waals surface area contributed by atoms with Gasteiger partial charge in [0.15, 0.2) is 10.5 Å². The van der Waals surface area contributed by atoms with Crippen molar-refractivity contribution in [1.82, 2.24) is 4.57 Å². The van der Waals surface area contributed by atoms with E-state index in [1.807, 2.05) is 22.6 Å². The molecule has 0 bridgehead atoms. The molecule has 3 aromatic carbocycles. The van der Waals surface area contributed by atoms with Crippen LogP contribution in [0.1, 0.15) is 46.9 Å². The van der Waals surface area contributed by atoms with E-state index in [9.17, 15) is 27.6 Å². The Morgan fingerprint density at radius 1 is 0.979 bits per heavy atom. The van der Waals surface area contributed by atoms with Crippen LogP contribution in [0, 0.1) is 3.57 Å². The maximum Gasteiger partial charge on any atom is 0.434 e. The minimum Gasteiger partial charge on any atom is -0.487 e. The minimum absolute atomic E-state index is 0.0149. The lowest BCUT2D eigenvalue weighted by molar-refractivity contribution is -0.140. The monoisotopic (exact) mass is 830 g/mol. The first kappa shape index (κ1) is 35.6. The largest absolute Gasteiger partial charge is 0.487 e. The van der Waals surface area contributed by atoms with Crippen LogP contribution in [0.4, 0.5) is 13.2 Å². The number of alkyl halides is 3. The van der Waals surface area contributed by atoms with Gasteiger partial charge in [0.25, 0.3) is 5.56 Å². The maximum absolute atomic E-state index is 14.4. The quantitative estimate of drug-likeness (QED) is 0.133. The van der Waals surface area contributed by atoms with Crippen molar-refractivity contribution in [3.8, 4) is 5.75 Å². The van der Waals surface area contributed by atoms with E-state index in [0.717, 1.165) is 21.5 Å². The van der Waals surface area contributed by atoms with Gasteiger partial charge >= 0.3 is 18.1 Å². The minimum atomic E-state index is -5.04. The van der Waals surface area contributed by atoms with E-state index >= 15 is 0 Å². The lowest BCUT2D eigenvalue weighted by atomic mass is 9.95. The molecular formula is C33H24Cl2F3IN2O6S. The molecule has 0 aliphatic carbocycles. The third kappa shape index (κ3) is 7.64. The molecule has 48 heavy (non-hydrogen) atoms. The molecule has 0 radical (unpaired) electrons.